The third-order valence-electron chi connectivity index (χ3n) is 2.27. The van der Waals surface area contributed by atoms with Crippen molar-refractivity contribution in [3.63, 3.8) is 0 Å². The summed E-state index contributed by atoms with van der Waals surface area (Å²) in [7, 11) is 0. The molecule has 1 rings (SSSR count). The van der Waals surface area contributed by atoms with Gasteiger partial charge in [-0.3, -0.25) is 10.1 Å². The van der Waals surface area contributed by atoms with Crippen LogP contribution >= 0.6 is 0 Å². The minimum absolute atomic E-state index is 0.431. The highest BCUT2D eigenvalue weighted by atomic mass is 16.5. The van der Waals surface area contributed by atoms with Gasteiger partial charge in [-0.15, -0.1) is 0 Å². The maximum atomic E-state index is 11.4. The molecule has 0 radical (unpaired) electrons. The summed E-state index contributed by atoms with van der Waals surface area (Å²) >= 11 is 0. The lowest BCUT2D eigenvalue weighted by molar-refractivity contribution is -0.126. The van der Waals surface area contributed by atoms with Crippen molar-refractivity contribution >= 4 is 11.9 Å². The van der Waals surface area contributed by atoms with E-state index in [0.717, 1.165) is 0 Å². The van der Waals surface area contributed by atoms with E-state index >= 15 is 0 Å². The number of imide groups is 1. The first kappa shape index (κ1) is 14.0. The van der Waals surface area contributed by atoms with Crippen LogP contribution in [0.25, 0.3) is 0 Å². The van der Waals surface area contributed by atoms with Crippen LogP contribution in [0.4, 0.5) is 4.79 Å². The second-order valence-corrected chi connectivity index (χ2v) is 3.86. The summed E-state index contributed by atoms with van der Waals surface area (Å²) in [4.78, 5) is 21.9. The van der Waals surface area contributed by atoms with E-state index < -0.39 is 24.1 Å². The zero-order valence-electron chi connectivity index (χ0n) is 10.2. The number of ether oxygens (including phenoxy) is 1. The Bertz CT molecular complexity index is 445. The average Bonchev–Trinajstić information content (AvgIpc) is 2.28. The minimum atomic E-state index is -0.923. The first-order valence-corrected chi connectivity index (χ1v) is 5.45. The number of aliphatic hydroxyl groups excluding tert-OH is 1. The van der Waals surface area contributed by atoms with Crippen LogP contribution in [-0.2, 0) is 4.79 Å². The zero-order chi connectivity index (χ0) is 13.7. The van der Waals surface area contributed by atoms with Gasteiger partial charge in [0.1, 0.15) is 5.75 Å². The van der Waals surface area contributed by atoms with Crippen LogP contribution in [0.2, 0.25) is 0 Å². The molecule has 0 aliphatic rings. The molecule has 2 atom stereocenters. The summed E-state index contributed by atoms with van der Waals surface area (Å²) in [5.41, 5.74) is 5.50. The number of amides is 3. The molecule has 1 aromatic rings. The quantitative estimate of drug-likeness (QED) is 0.734. The van der Waals surface area contributed by atoms with Crippen LogP contribution < -0.4 is 15.8 Å². The molecule has 0 aromatic heterocycles. The summed E-state index contributed by atoms with van der Waals surface area (Å²) in [6, 6.07) is 5.80. The highest BCUT2D eigenvalue weighted by Crippen LogP contribution is 2.19. The lowest BCUT2D eigenvalue weighted by Gasteiger charge is -2.14. The fraction of sp³-hybridized carbons (Fsp3) is 0.333. The number of carbonyl (C=O) groups is 2. The lowest BCUT2D eigenvalue weighted by Crippen LogP contribution is -2.42. The Hall–Kier alpha value is -2.08. The molecule has 0 spiro atoms. The molecule has 0 bridgehead atoms. The number of carbonyl (C=O) groups excluding carboxylic acids is 2. The highest BCUT2D eigenvalue weighted by Gasteiger charge is 2.16. The molecule has 0 aliphatic heterocycles. The summed E-state index contributed by atoms with van der Waals surface area (Å²) in [5, 5.41) is 11.3. The molecule has 98 valence electrons. The van der Waals surface area contributed by atoms with Crippen molar-refractivity contribution in [2.75, 3.05) is 0 Å². The van der Waals surface area contributed by atoms with E-state index in [2.05, 4.69) is 0 Å². The van der Waals surface area contributed by atoms with Crippen molar-refractivity contribution < 1.29 is 19.4 Å². The largest absolute Gasteiger partial charge is 0.481 e. The molecule has 18 heavy (non-hydrogen) atoms. The van der Waals surface area contributed by atoms with Crippen LogP contribution in [0, 0.1) is 0 Å². The van der Waals surface area contributed by atoms with Crippen LogP contribution in [-0.4, -0.2) is 23.1 Å². The second kappa shape index (κ2) is 6.02. The van der Waals surface area contributed by atoms with Gasteiger partial charge in [-0.1, -0.05) is 12.1 Å². The summed E-state index contributed by atoms with van der Waals surface area (Å²) < 4.78 is 5.34. The molecule has 3 amide bonds. The molecular formula is C12H16N2O4. The van der Waals surface area contributed by atoms with E-state index in [9.17, 15) is 14.7 Å². The fourth-order valence-electron chi connectivity index (χ4n) is 1.33. The van der Waals surface area contributed by atoms with Crippen LogP contribution in [0.5, 0.6) is 5.75 Å². The SMILES string of the molecule is CC(Oc1cccc(C(C)O)c1)C(=O)NC(N)=O. The maximum absolute atomic E-state index is 11.4. The van der Waals surface area contributed by atoms with E-state index in [-0.39, 0.29) is 0 Å². The predicted octanol–water partition coefficient (Wildman–Crippen LogP) is 0.702. The summed E-state index contributed by atoms with van der Waals surface area (Å²) in [6.45, 7) is 3.12. The molecule has 4 N–H and O–H groups in total. The number of hydrogen-bond donors (Lipinski definition) is 3. The van der Waals surface area contributed by atoms with Crippen molar-refractivity contribution in [3.05, 3.63) is 29.8 Å². The van der Waals surface area contributed by atoms with E-state index in [4.69, 9.17) is 10.5 Å². The van der Waals surface area contributed by atoms with Gasteiger partial charge in [0, 0.05) is 0 Å². The van der Waals surface area contributed by atoms with E-state index in [0.29, 0.717) is 11.3 Å². The van der Waals surface area contributed by atoms with Crippen molar-refractivity contribution in [3.8, 4) is 5.75 Å². The number of rotatable bonds is 4. The fourth-order valence-corrected chi connectivity index (χ4v) is 1.33. The number of urea groups is 1. The monoisotopic (exact) mass is 252 g/mol. The third kappa shape index (κ3) is 4.06. The third-order valence-corrected chi connectivity index (χ3v) is 2.27. The normalized spacial score (nSPS) is 13.5. The second-order valence-electron chi connectivity index (χ2n) is 3.86. The Morgan fingerprint density at radius 3 is 2.61 bits per heavy atom. The van der Waals surface area contributed by atoms with Crippen LogP contribution in [0.3, 0.4) is 0 Å². The Kier molecular flexibility index (Phi) is 4.67. The Labute approximate surface area is 105 Å². The first-order chi connectivity index (χ1) is 8.40. The van der Waals surface area contributed by atoms with E-state index in [1.165, 1.54) is 6.92 Å². The molecule has 0 saturated heterocycles. The molecule has 0 aliphatic carbocycles. The van der Waals surface area contributed by atoms with Gasteiger partial charge in [0.2, 0.25) is 0 Å². The molecular weight excluding hydrogens is 236 g/mol. The number of nitrogens with two attached hydrogens (primary N) is 1. The van der Waals surface area contributed by atoms with Crippen LogP contribution in [0.15, 0.2) is 24.3 Å². The van der Waals surface area contributed by atoms with Crippen LogP contribution in [0.1, 0.15) is 25.5 Å². The standard InChI is InChI=1S/C12H16N2O4/c1-7(15)9-4-3-5-10(6-9)18-8(2)11(16)14-12(13)17/h3-8,15H,1-2H3,(H3,13,14,16,17). The van der Waals surface area contributed by atoms with Crippen molar-refractivity contribution in [2.24, 2.45) is 5.73 Å². The molecule has 6 nitrogen and oxygen atoms in total. The van der Waals surface area contributed by atoms with E-state index in [1.807, 2.05) is 5.32 Å². The van der Waals surface area contributed by atoms with Gasteiger partial charge in [-0.2, -0.15) is 0 Å². The average molecular weight is 252 g/mol. The zero-order valence-corrected chi connectivity index (χ0v) is 10.2. The minimum Gasteiger partial charge on any atom is -0.481 e. The number of nitrogens with one attached hydrogen (secondary N) is 1. The summed E-state index contributed by atoms with van der Waals surface area (Å²) in [6.07, 6.45) is -1.48. The number of primary amides is 1. The predicted molar refractivity (Wildman–Crippen MR) is 64.9 cm³/mol. The van der Waals surface area contributed by atoms with Gasteiger partial charge in [0.25, 0.3) is 5.91 Å². The summed E-state index contributed by atoms with van der Waals surface area (Å²) in [5.74, 6) is -0.189. The topological polar surface area (TPSA) is 102 Å². The molecule has 1 aromatic carbocycles. The smallest absolute Gasteiger partial charge is 0.318 e. The van der Waals surface area contributed by atoms with Gasteiger partial charge in [-0.25, -0.2) is 4.79 Å². The van der Waals surface area contributed by atoms with Gasteiger partial charge in [0.05, 0.1) is 6.10 Å². The van der Waals surface area contributed by atoms with E-state index in [1.54, 1.807) is 31.2 Å². The maximum Gasteiger partial charge on any atom is 0.318 e. The lowest BCUT2D eigenvalue weighted by atomic mass is 10.1. The molecule has 0 fully saturated rings. The highest BCUT2D eigenvalue weighted by molar-refractivity contribution is 5.95. The first-order valence-electron chi connectivity index (χ1n) is 5.45. The van der Waals surface area contributed by atoms with Crippen molar-refractivity contribution in [1.82, 2.24) is 5.32 Å². The Balaban J connectivity index is 2.69. The number of hydrogen-bond acceptors (Lipinski definition) is 4. The number of benzene rings is 1. The molecule has 2 unspecified atom stereocenters. The van der Waals surface area contributed by atoms with Gasteiger partial charge >= 0.3 is 6.03 Å². The van der Waals surface area contributed by atoms with Crippen molar-refractivity contribution in [1.29, 1.82) is 0 Å². The Morgan fingerprint density at radius 2 is 2.06 bits per heavy atom. The Morgan fingerprint density at radius 1 is 1.39 bits per heavy atom. The number of aliphatic hydroxyl groups is 1. The molecule has 0 saturated carbocycles. The van der Waals surface area contributed by atoms with Gasteiger partial charge in [-0.05, 0) is 31.5 Å². The van der Waals surface area contributed by atoms with Crippen molar-refractivity contribution in [2.45, 2.75) is 26.1 Å². The molecule has 0 heterocycles. The van der Waals surface area contributed by atoms with Gasteiger partial charge < -0.3 is 15.6 Å². The molecule has 6 heteroatoms. The van der Waals surface area contributed by atoms with Gasteiger partial charge in [0.15, 0.2) is 6.10 Å².